The second-order valence-electron chi connectivity index (χ2n) is 5.98. The van der Waals surface area contributed by atoms with Gasteiger partial charge in [0.25, 0.3) is 0 Å². The van der Waals surface area contributed by atoms with E-state index in [0.29, 0.717) is 6.54 Å². The fourth-order valence-electron chi connectivity index (χ4n) is 3.10. The Hall–Kier alpha value is -3.09. The number of hydrogen-bond donors (Lipinski definition) is 1. The number of rotatable bonds is 5. The molecule has 0 saturated carbocycles. The van der Waals surface area contributed by atoms with Crippen molar-refractivity contribution in [2.24, 2.45) is 0 Å². The predicted molar refractivity (Wildman–Crippen MR) is 94.0 cm³/mol. The van der Waals surface area contributed by atoms with Crippen LogP contribution in [0, 0.1) is 13.8 Å². The lowest BCUT2D eigenvalue weighted by Gasteiger charge is -2.07. The minimum atomic E-state index is 0.715. The molecule has 25 heavy (non-hydrogen) atoms. The van der Waals surface area contributed by atoms with Gasteiger partial charge in [-0.15, -0.1) is 0 Å². The zero-order valence-corrected chi connectivity index (χ0v) is 14.5. The van der Waals surface area contributed by atoms with Crippen LogP contribution in [-0.2, 0) is 13.1 Å². The van der Waals surface area contributed by atoms with Gasteiger partial charge in [0.15, 0.2) is 17.3 Å². The highest BCUT2D eigenvalue weighted by atomic mass is 16.3. The number of furan rings is 1. The highest BCUT2D eigenvalue weighted by Gasteiger charge is 2.16. The Kier molecular flexibility index (Phi) is 3.76. The number of aromatic nitrogens is 6. The fourth-order valence-corrected chi connectivity index (χ4v) is 3.10. The van der Waals surface area contributed by atoms with Gasteiger partial charge < -0.3 is 8.98 Å². The third-order valence-corrected chi connectivity index (χ3v) is 4.47. The SMILES string of the molecule is CCn1nc(C)c(Cn2ccnc2-c2ccc(-c3ccn[nH]3)o2)c1C. The minimum absolute atomic E-state index is 0.715. The van der Waals surface area contributed by atoms with Gasteiger partial charge in [0.1, 0.15) is 5.69 Å². The molecule has 0 amide bonds. The molecule has 7 nitrogen and oxygen atoms in total. The number of aromatic amines is 1. The Bertz CT molecular complexity index is 989. The predicted octanol–water partition coefficient (Wildman–Crippen LogP) is 3.41. The summed E-state index contributed by atoms with van der Waals surface area (Å²) >= 11 is 0. The number of nitrogens with zero attached hydrogens (tertiary/aromatic N) is 5. The van der Waals surface area contributed by atoms with Crippen molar-refractivity contribution < 1.29 is 4.42 Å². The summed E-state index contributed by atoms with van der Waals surface area (Å²) < 4.78 is 10.1. The zero-order chi connectivity index (χ0) is 17.4. The molecule has 0 fully saturated rings. The molecule has 7 heteroatoms. The van der Waals surface area contributed by atoms with E-state index in [1.54, 1.807) is 12.4 Å². The van der Waals surface area contributed by atoms with Crippen LogP contribution in [0.5, 0.6) is 0 Å². The average molecular weight is 336 g/mol. The molecule has 0 aromatic carbocycles. The Labute approximate surface area is 145 Å². The number of hydrogen-bond acceptors (Lipinski definition) is 4. The van der Waals surface area contributed by atoms with Crippen LogP contribution in [0.3, 0.4) is 0 Å². The summed E-state index contributed by atoms with van der Waals surface area (Å²) in [7, 11) is 0. The quantitative estimate of drug-likeness (QED) is 0.606. The first kappa shape index (κ1) is 15.4. The summed E-state index contributed by atoms with van der Waals surface area (Å²) in [6.07, 6.45) is 5.47. The topological polar surface area (TPSA) is 77.5 Å². The van der Waals surface area contributed by atoms with Gasteiger partial charge in [-0.25, -0.2) is 4.98 Å². The molecule has 0 bridgehead atoms. The molecule has 4 aromatic rings. The molecular formula is C18H20N6O. The lowest BCUT2D eigenvalue weighted by Crippen LogP contribution is -2.04. The summed E-state index contributed by atoms with van der Waals surface area (Å²) in [6.45, 7) is 7.85. The molecule has 0 atom stereocenters. The molecule has 0 unspecified atom stereocenters. The van der Waals surface area contributed by atoms with Crippen LogP contribution in [0.2, 0.25) is 0 Å². The lowest BCUT2D eigenvalue weighted by molar-refractivity contribution is 0.583. The van der Waals surface area contributed by atoms with E-state index in [-0.39, 0.29) is 0 Å². The molecule has 4 rings (SSSR count). The van der Waals surface area contributed by atoms with E-state index in [0.717, 1.165) is 35.3 Å². The van der Waals surface area contributed by atoms with Crippen LogP contribution >= 0.6 is 0 Å². The van der Waals surface area contributed by atoms with Crippen LogP contribution in [0.4, 0.5) is 0 Å². The van der Waals surface area contributed by atoms with Gasteiger partial charge in [-0.05, 0) is 39.0 Å². The van der Waals surface area contributed by atoms with Gasteiger partial charge >= 0.3 is 0 Å². The van der Waals surface area contributed by atoms with E-state index in [9.17, 15) is 0 Å². The average Bonchev–Trinajstić information content (AvgIpc) is 3.37. The molecule has 1 N–H and O–H groups in total. The Morgan fingerprint density at radius 2 is 1.96 bits per heavy atom. The van der Waals surface area contributed by atoms with Crippen molar-refractivity contribution in [1.29, 1.82) is 0 Å². The normalized spacial score (nSPS) is 11.3. The molecule has 128 valence electrons. The highest BCUT2D eigenvalue weighted by Crippen LogP contribution is 2.27. The van der Waals surface area contributed by atoms with E-state index in [2.05, 4.69) is 38.7 Å². The number of aryl methyl sites for hydroxylation is 2. The monoisotopic (exact) mass is 336 g/mol. The molecule has 0 spiro atoms. The van der Waals surface area contributed by atoms with Crippen molar-refractivity contribution in [3.8, 4) is 23.0 Å². The maximum atomic E-state index is 5.96. The van der Waals surface area contributed by atoms with Crippen molar-refractivity contribution in [2.75, 3.05) is 0 Å². The maximum Gasteiger partial charge on any atom is 0.176 e. The summed E-state index contributed by atoms with van der Waals surface area (Å²) in [4.78, 5) is 4.48. The van der Waals surface area contributed by atoms with Crippen molar-refractivity contribution >= 4 is 0 Å². The van der Waals surface area contributed by atoms with Crippen LogP contribution in [0.15, 0.2) is 41.2 Å². The zero-order valence-electron chi connectivity index (χ0n) is 14.5. The van der Waals surface area contributed by atoms with Gasteiger partial charge in [-0.3, -0.25) is 9.78 Å². The van der Waals surface area contributed by atoms with Crippen LogP contribution in [0.25, 0.3) is 23.0 Å². The summed E-state index contributed by atoms with van der Waals surface area (Å²) in [5.41, 5.74) is 4.32. The molecule has 4 aromatic heterocycles. The van der Waals surface area contributed by atoms with Gasteiger partial charge in [0, 0.05) is 36.4 Å². The molecule has 0 aliphatic rings. The van der Waals surface area contributed by atoms with Gasteiger partial charge in [-0.1, -0.05) is 0 Å². The number of nitrogens with one attached hydrogen (secondary N) is 1. The van der Waals surface area contributed by atoms with Gasteiger partial charge in [-0.2, -0.15) is 10.2 Å². The molecule has 0 saturated heterocycles. The largest absolute Gasteiger partial charge is 0.451 e. The summed E-state index contributed by atoms with van der Waals surface area (Å²) in [5, 5.41) is 11.5. The minimum Gasteiger partial charge on any atom is -0.451 e. The first-order valence-electron chi connectivity index (χ1n) is 8.31. The third kappa shape index (κ3) is 2.67. The number of imidazole rings is 1. The van der Waals surface area contributed by atoms with Crippen LogP contribution < -0.4 is 0 Å². The smallest absolute Gasteiger partial charge is 0.176 e. The summed E-state index contributed by atoms with van der Waals surface area (Å²) in [5.74, 6) is 2.27. The van der Waals surface area contributed by atoms with E-state index < -0.39 is 0 Å². The third-order valence-electron chi connectivity index (χ3n) is 4.47. The molecule has 0 radical (unpaired) electrons. The van der Waals surface area contributed by atoms with E-state index in [1.807, 2.05) is 36.0 Å². The van der Waals surface area contributed by atoms with E-state index >= 15 is 0 Å². The Morgan fingerprint density at radius 1 is 1.12 bits per heavy atom. The summed E-state index contributed by atoms with van der Waals surface area (Å²) in [6, 6.07) is 5.73. The van der Waals surface area contributed by atoms with E-state index in [1.165, 1.54) is 11.3 Å². The Balaban J connectivity index is 1.67. The fraction of sp³-hybridized carbons (Fsp3) is 0.278. The van der Waals surface area contributed by atoms with Crippen molar-refractivity contribution in [1.82, 2.24) is 29.5 Å². The Morgan fingerprint density at radius 3 is 2.68 bits per heavy atom. The first-order valence-corrected chi connectivity index (χ1v) is 8.31. The molecule has 0 aliphatic heterocycles. The van der Waals surface area contributed by atoms with Crippen LogP contribution in [-0.4, -0.2) is 29.5 Å². The van der Waals surface area contributed by atoms with E-state index in [4.69, 9.17) is 4.42 Å². The molecular weight excluding hydrogens is 316 g/mol. The van der Waals surface area contributed by atoms with Crippen molar-refractivity contribution in [2.45, 2.75) is 33.9 Å². The van der Waals surface area contributed by atoms with Crippen molar-refractivity contribution in [3.05, 3.63) is 53.7 Å². The first-order chi connectivity index (χ1) is 12.2. The van der Waals surface area contributed by atoms with Gasteiger partial charge in [0.05, 0.1) is 12.2 Å². The maximum absolute atomic E-state index is 5.96. The standard InChI is InChI=1S/C18H20N6O/c1-4-24-13(3)14(12(2)22-24)11-23-10-9-19-18(23)17-6-5-16(25-17)15-7-8-20-21-15/h5-10H,4,11H2,1-3H3,(H,20,21). The molecule has 0 aliphatic carbocycles. The lowest BCUT2D eigenvalue weighted by atomic mass is 10.2. The van der Waals surface area contributed by atoms with Crippen LogP contribution in [0.1, 0.15) is 23.9 Å². The molecule has 4 heterocycles. The highest BCUT2D eigenvalue weighted by molar-refractivity contribution is 5.58. The second kappa shape index (κ2) is 6.08. The van der Waals surface area contributed by atoms with Gasteiger partial charge in [0.2, 0.25) is 0 Å². The van der Waals surface area contributed by atoms with Crippen molar-refractivity contribution in [3.63, 3.8) is 0 Å². The number of H-pyrrole nitrogens is 1. The second-order valence-corrected chi connectivity index (χ2v) is 5.98.